The molecule has 1 aliphatic heterocycles. The number of nitrogens with zero attached hydrogens (tertiary/aromatic N) is 2. The molecule has 130 valence electrons. The van der Waals surface area contributed by atoms with Crippen molar-refractivity contribution < 1.29 is 4.79 Å². The van der Waals surface area contributed by atoms with Gasteiger partial charge in [-0.3, -0.25) is 9.69 Å². The van der Waals surface area contributed by atoms with Crippen molar-refractivity contribution in [3.8, 4) is 0 Å². The van der Waals surface area contributed by atoms with Gasteiger partial charge in [-0.15, -0.1) is 0 Å². The second kappa shape index (κ2) is 6.16. The lowest BCUT2D eigenvalue weighted by Crippen LogP contribution is -2.58. The van der Waals surface area contributed by atoms with Crippen molar-refractivity contribution in [2.24, 2.45) is 17.6 Å². The number of piperazine rings is 1. The highest BCUT2D eigenvalue weighted by Gasteiger charge is 2.43. The van der Waals surface area contributed by atoms with Gasteiger partial charge in [0.05, 0.1) is 0 Å². The number of nitrogens with two attached hydrogens (primary N) is 1. The highest BCUT2D eigenvalue weighted by molar-refractivity contribution is 5.87. The second-order valence-corrected chi connectivity index (χ2v) is 8.14. The highest BCUT2D eigenvalue weighted by Crippen LogP contribution is 2.46. The van der Waals surface area contributed by atoms with E-state index in [1.165, 1.54) is 25.7 Å². The molecule has 0 spiro atoms. The minimum absolute atomic E-state index is 0.0568. The number of carbonyl (C=O) groups excluding carboxylic acids is 1. The van der Waals surface area contributed by atoms with Gasteiger partial charge in [0.2, 0.25) is 5.91 Å². The Bertz CT molecular complexity index is 592. The molecular weight excluding hydrogens is 298 g/mol. The summed E-state index contributed by atoms with van der Waals surface area (Å²) in [5.74, 6) is 1.95. The monoisotopic (exact) mass is 327 g/mol. The first-order valence-corrected chi connectivity index (χ1v) is 9.43. The van der Waals surface area contributed by atoms with Crippen LogP contribution in [0.25, 0.3) is 0 Å². The molecule has 4 heteroatoms. The Balaban J connectivity index is 1.38. The molecule has 4 unspecified atom stereocenters. The second-order valence-electron chi connectivity index (χ2n) is 8.14. The van der Waals surface area contributed by atoms with Gasteiger partial charge in [0, 0.05) is 32.2 Å². The molecule has 0 aromatic heterocycles. The van der Waals surface area contributed by atoms with Crippen molar-refractivity contribution in [1.29, 1.82) is 0 Å². The number of carbonyl (C=O) groups is 1. The Morgan fingerprint density at radius 1 is 1.08 bits per heavy atom. The molecule has 2 saturated carbocycles. The maximum atomic E-state index is 13.0. The fourth-order valence-electron chi connectivity index (χ4n) is 5.15. The summed E-state index contributed by atoms with van der Waals surface area (Å²) in [4.78, 5) is 17.6. The van der Waals surface area contributed by atoms with Gasteiger partial charge in [-0.2, -0.15) is 0 Å². The molecule has 4 nitrogen and oxygen atoms in total. The van der Waals surface area contributed by atoms with E-state index >= 15 is 0 Å². The number of fused-ring (bicyclic) bond motifs is 2. The van der Waals surface area contributed by atoms with E-state index < -0.39 is 5.54 Å². The Morgan fingerprint density at radius 2 is 1.79 bits per heavy atom. The molecule has 0 radical (unpaired) electrons. The zero-order valence-corrected chi connectivity index (χ0v) is 14.7. The van der Waals surface area contributed by atoms with E-state index in [4.69, 9.17) is 5.73 Å². The average Bonchev–Trinajstić information content (AvgIpc) is 3.25. The van der Waals surface area contributed by atoms with Crippen LogP contribution in [-0.4, -0.2) is 47.9 Å². The summed E-state index contributed by atoms with van der Waals surface area (Å²) in [6.07, 6.45) is 5.70. The normalized spacial score (nSPS) is 32.8. The summed E-state index contributed by atoms with van der Waals surface area (Å²) in [5, 5.41) is 0. The van der Waals surface area contributed by atoms with Gasteiger partial charge in [0.1, 0.15) is 5.54 Å². The van der Waals surface area contributed by atoms with Crippen LogP contribution in [0.15, 0.2) is 30.3 Å². The van der Waals surface area contributed by atoms with Crippen LogP contribution < -0.4 is 5.73 Å². The summed E-state index contributed by atoms with van der Waals surface area (Å²) >= 11 is 0. The fraction of sp³-hybridized carbons (Fsp3) is 0.650. The number of hydrogen-bond donors (Lipinski definition) is 1. The molecule has 3 aliphatic rings. The zero-order valence-electron chi connectivity index (χ0n) is 14.7. The molecule has 1 aromatic rings. The minimum Gasteiger partial charge on any atom is -0.338 e. The molecule has 1 aromatic carbocycles. The van der Waals surface area contributed by atoms with Gasteiger partial charge in [0.15, 0.2) is 0 Å². The van der Waals surface area contributed by atoms with Crippen molar-refractivity contribution in [1.82, 2.24) is 9.80 Å². The Morgan fingerprint density at radius 3 is 2.38 bits per heavy atom. The van der Waals surface area contributed by atoms with Crippen LogP contribution in [0.3, 0.4) is 0 Å². The van der Waals surface area contributed by atoms with Crippen LogP contribution in [0.5, 0.6) is 0 Å². The van der Waals surface area contributed by atoms with Gasteiger partial charge < -0.3 is 10.6 Å². The smallest absolute Gasteiger partial charge is 0.247 e. The number of amides is 1. The minimum atomic E-state index is -0.935. The van der Waals surface area contributed by atoms with Crippen LogP contribution >= 0.6 is 0 Å². The molecule has 2 N–H and O–H groups in total. The Hall–Kier alpha value is -1.39. The van der Waals surface area contributed by atoms with Crippen LogP contribution in [0, 0.1) is 11.8 Å². The maximum absolute atomic E-state index is 13.0. The molecule has 4 atom stereocenters. The average molecular weight is 327 g/mol. The van der Waals surface area contributed by atoms with E-state index in [9.17, 15) is 4.79 Å². The van der Waals surface area contributed by atoms with E-state index in [0.717, 1.165) is 49.6 Å². The van der Waals surface area contributed by atoms with Crippen LogP contribution in [-0.2, 0) is 10.3 Å². The van der Waals surface area contributed by atoms with Crippen molar-refractivity contribution >= 4 is 5.91 Å². The molecular formula is C20H29N3O. The summed E-state index contributed by atoms with van der Waals surface area (Å²) in [5.41, 5.74) is 6.37. The Kier molecular flexibility index (Phi) is 4.13. The van der Waals surface area contributed by atoms with Crippen LogP contribution in [0.4, 0.5) is 0 Å². The summed E-state index contributed by atoms with van der Waals surface area (Å²) in [6, 6.07) is 10.5. The van der Waals surface area contributed by atoms with Crippen LogP contribution in [0.1, 0.15) is 38.2 Å². The van der Waals surface area contributed by atoms with E-state index in [1.54, 1.807) is 0 Å². The first-order chi connectivity index (χ1) is 11.6. The quantitative estimate of drug-likeness (QED) is 0.926. The lowest BCUT2D eigenvalue weighted by molar-refractivity contribution is -0.139. The molecule has 1 heterocycles. The third kappa shape index (κ3) is 2.76. The van der Waals surface area contributed by atoms with E-state index in [2.05, 4.69) is 4.90 Å². The van der Waals surface area contributed by atoms with Gasteiger partial charge in [-0.25, -0.2) is 0 Å². The summed E-state index contributed by atoms with van der Waals surface area (Å²) in [6.45, 7) is 5.47. The first kappa shape index (κ1) is 16.1. The third-order valence-electron chi connectivity index (χ3n) is 6.59. The molecule has 3 fully saturated rings. The lowest BCUT2D eigenvalue weighted by Gasteiger charge is -2.42. The van der Waals surface area contributed by atoms with Crippen molar-refractivity contribution in [3.63, 3.8) is 0 Å². The van der Waals surface area contributed by atoms with Crippen LogP contribution in [0.2, 0.25) is 0 Å². The predicted molar refractivity (Wildman–Crippen MR) is 95.4 cm³/mol. The summed E-state index contributed by atoms with van der Waals surface area (Å²) in [7, 11) is 0. The van der Waals surface area contributed by atoms with E-state index in [0.29, 0.717) is 0 Å². The first-order valence-electron chi connectivity index (χ1n) is 9.43. The molecule has 24 heavy (non-hydrogen) atoms. The maximum Gasteiger partial charge on any atom is 0.247 e. The molecule has 1 amide bonds. The van der Waals surface area contributed by atoms with Gasteiger partial charge >= 0.3 is 0 Å². The van der Waals surface area contributed by atoms with Gasteiger partial charge in [-0.1, -0.05) is 36.8 Å². The number of benzene rings is 1. The lowest BCUT2D eigenvalue weighted by atomic mass is 9.91. The Labute approximate surface area is 145 Å². The molecule has 4 rings (SSSR count). The zero-order chi connectivity index (χ0) is 16.7. The summed E-state index contributed by atoms with van der Waals surface area (Å²) < 4.78 is 0. The number of hydrogen-bond acceptors (Lipinski definition) is 3. The van der Waals surface area contributed by atoms with E-state index in [-0.39, 0.29) is 5.91 Å². The topological polar surface area (TPSA) is 49.6 Å². The SMILES string of the molecule is CC(N)(C(=O)N1CCN(C2CC3CCC2C3)CC1)c1ccccc1. The molecule has 2 aliphatic carbocycles. The van der Waals surface area contributed by atoms with Gasteiger partial charge in [-0.05, 0) is 43.6 Å². The third-order valence-corrected chi connectivity index (χ3v) is 6.59. The van der Waals surface area contributed by atoms with Crippen molar-refractivity contribution in [2.45, 2.75) is 44.2 Å². The largest absolute Gasteiger partial charge is 0.338 e. The predicted octanol–water partition coefficient (Wildman–Crippen LogP) is 2.19. The standard InChI is InChI=1S/C20H29N3O/c1-20(21,17-5-3-2-4-6-17)19(24)23-11-9-22(10-12-23)18-14-15-7-8-16(18)13-15/h2-6,15-16,18H,7-14,21H2,1H3. The van der Waals surface area contributed by atoms with Gasteiger partial charge in [0.25, 0.3) is 0 Å². The van der Waals surface area contributed by atoms with Crippen molar-refractivity contribution in [2.75, 3.05) is 26.2 Å². The van der Waals surface area contributed by atoms with E-state index in [1.807, 2.05) is 42.2 Å². The number of rotatable bonds is 3. The van der Waals surface area contributed by atoms with Crippen molar-refractivity contribution in [3.05, 3.63) is 35.9 Å². The highest BCUT2D eigenvalue weighted by atomic mass is 16.2. The fourth-order valence-corrected chi connectivity index (χ4v) is 5.15. The molecule has 1 saturated heterocycles. The molecule has 2 bridgehead atoms.